The van der Waals surface area contributed by atoms with Gasteiger partial charge in [-0.25, -0.2) is 0 Å². The van der Waals surface area contributed by atoms with Gasteiger partial charge in [0.05, 0.1) is 5.92 Å². The molecule has 1 aromatic heterocycles. The zero-order valence-corrected chi connectivity index (χ0v) is 19.2. The second-order valence-corrected chi connectivity index (χ2v) is 8.77. The third-order valence-corrected chi connectivity index (χ3v) is 6.48. The highest BCUT2D eigenvalue weighted by Crippen LogP contribution is 2.37. The first-order chi connectivity index (χ1) is 15.9. The molecule has 0 fully saturated rings. The van der Waals surface area contributed by atoms with Crippen LogP contribution in [0.4, 0.5) is 0 Å². The van der Waals surface area contributed by atoms with E-state index in [1.54, 1.807) is 30.4 Å². The van der Waals surface area contributed by atoms with Crippen LogP contribution in [0.5, 0.6) is 11.5 Å². The first kappa shape index (κ1) is 22.4. The zero-order chi connectivity index (χ0) is 23.4. The molecule has 5 heteroatoms. The van der Waals surface area contributed by atoms with Crippen LogP contribution in [0, 0.1) is 18.8 Å². The molecule has 1 atom stereocenters. The number of carbonyl (C=O) groups is 1. The lowest BCUT2D eigenvalue weighted by Crippen LogP contribution is -2.24. The smallest absolute Gasteiger partial charge is 0.119 e. The number of carboxylic acid groups (broad SMARTS) is 1. The Balaban J connectivity index is 1.51. The third kappa shape index (κ3) is 5.19. The van der Waals surface area contributed by atoms with Gasteiger partial charge in [0, 0.05) is 28.0 Å². The highest BCUT2D eigenvalue weighted by Gasteiger charge is 2.11. The van der Waals surface area contributed by atoms with Crippen LogP contribution in [-0.4, -0.2) is 11.1 Å². The average molecular weight is 456 g/mol. The van der Waals surface area contributed by atoms with E-state index >= 15 is 0 Å². The number of benzene rings is 3. The predicted octanol–water partition coefficient (Wildman–Crippen LogP) is 5.41. The van der Waals surface area contributed by atoms with Crippen LogP contribution in [0.15, 0.2) is 66.0 Å². The normalized spacial score (nSPS) is 11.6. The summed E-state index contributed by atoms with van der Waals surface area (Å²) in [7, 11) is 0. The molecule has 4 nitrogen and oxygen atoms in total. The first-order valence-corrected chi connectivity index (χ1v) is 11.5. The van der Waals surface area contributed by atoms with Gasteiger partial charge in [-0.2, -0.15) is 0 Å². The number of thiophene rings is 1. The molecule has 0 radical (unpaired) electrons. The monoisotopic (exact) mass is 455 g/mol. The molecule has 33 heavy (non-hydrogen) atoms. The Morgan fingerprint density at radius 3 is 2.58 bits per heavy atom. The lowest BCUT2D eigenvalue weighted by Gasteiger charge is -2.13. The summed E-state index contributed by atoms with van der Waals surface area (Å²) < 4.78 is 7.18. The molecular formula is C28H23O4S-. The van der Waals surface area contributed by atoms with Crippen molar-refractivity contribution in [2.75, 3.05) is 0 Å². The van der Waals surface area contributed by atoms with Crippen LogP contribution < -0.4 is 9.84 Å². The molecule has 0 aliphatic carbocycles. The number of aryl methyl sites for hydroxylation is 1. The molecule has 0 aliphatic rings. The molecule has 1 N–H and O–H groups in total. The van der Waals surface area contributed by atoms with Gasteiger partial charge in [0.2, 0.25) is 0 Å². The third-order valence-electron chi connectivity index (χ3n) is 5.52. The molecular weight excluding hydrogens is 432 g/mol. The molecule has 1 heterocycles. The number of hydrogen-bond donors (Lipinski definition) is 1. The average Bonchev–Trinajstić information content (AvgIpc) is 3.20. The largest absolute Gasteiger partial charge is 0.550 e. The van der Waals surface area contributed by atoms with Gasteiger partial charge in [-0.1, -0.05) is 30.2 Å². The van der Waals surface area contributed by atoms with E-state index in [1.807, 2.05) is 37.3 Å². The number of fused-ring (bicyclic) bond motifs is 1. The Morgan fingerprint density at radius 1 is 1.09 bits per heavy atom. The molecule has 166 valence electrons. The molecule has 4 rings (SSSR count). The number of carbonyl (C=O) groups excluding carboxylic acids is 1. The van der Waals surface area contributed by atoms with Gasteiger partial charge in [0.15, 0.2) is 0 Å². The van der Waals surface area contributed by atoms with Crippen LogP contribution in [0.1, 0.15) is 36.0 Å². The molecule has 0 saturated carbocycles. The van der Waals surface area contributed by atoms with Crippen LogP contribution in [0.3, 0.4) is 0 Å². The van der Waals surface area contributed by atoms with Gasteiger partial charge in [-0.15, -0.1) is 17.3 Å². The fraction of sp³-hybridized carbons (Fsp3) is 0.179. The summed E-state index contributed by atoms with van der Waals surface area (Å²) in [5, 5.41) is 24.0. The van der Waals surface area contributed by atoms with Crippen molar-refractivity contribution in [3.05, 3.63) is 82.7 Å². The Morgan fingerprint density at radius 2 is 1.88 bits per heavy atom. The van der Waals surface area contributed by atoms with Crippen LogP contribution in [-0.2, 0) is 11.4 Å². The summed E-state index contributed by atoms with van der Waals surface area (Å²) in [6, 6.07) is 19.1. The second kappa shape index (κ2) is 9.81. The fourth-order valence-electron chi connectivity index (χ4n) is 3.88. The van der Waals surface area contributed by atoms with Crippen molar-refractivity contribution in [2.24, 2.45) is 0 Å². The number of aliphatic carboxylic acids is 1. The van der Waals surface area contributed by atoms with E-state index in [4.69, 9.17) is 4.74 Å². The van der Waals surface area contributed by atoms with Crippen molar-refractivity contribution < 1.29 is 19.7 Å². The first-order valence-electron chi connectivity index (χ1n) is 10.6. The van der Waals surface area contributed by atoms with E-state index in [0.29, 0.717) is 12.4 Å². The summed E-state index contributed by atoms with van der Waals surface area (Å²) in [6.45, 7) is 4.10. The Bertz CT molecular complexity index is 1360. The van der Waals surface area contributed by atoms with Crippen LogP contribution in [0.2, 0.25) is 0 Å². The number of rotatable bonds is 7. The number of aromatic hydroxyl groups is 1. The standard InChI is InChI=1S/C28H24O4S/c1-3-4-21(15-28(30)31)20-6-9-23(10-7-20)32-16-19-5-12-27-25(14-19)26(17-33-27)24-11-8-22(29)13-18(24)2/h5-14,17,21,29H,15-16H2,1-2H3,(H,30,31)/p-1. The Kier molecular flexibility index (Phi) is 6.67. The number of phenols is 1. The molecule has 0 aliphatic heterocycles. The maximum Gasteiger partial charge on any atom is 0.119 e. The van der Waals surface area contributed by atoms with Gasteiger partial charge in [0.1, 0.15) is 18.1 Å². The summed E-state index contributed by atoms with van der Waals surface area (Å²) in [5.41, 5.74) is 5.16. The molecule has 0 spiro atoms. The number of phenolic OH excluding ortho intramolecular Hbond substituents is 1. The van der Waals surface area contributed by atoms with E-state index in [2.05, 4.69) is 35.4 Å². The number of ether oxygens (including phenoxy) is 1. The number of hydrogen-bond acceptors (Lipinski definition) is 5. The highest BCUT2D eigenvalue weighted by atomic mass is 32.1. The molecule has 3 aromatic carbocycles. The van der Waals surface area contributed by atoms with E-state index in [9.17, 15) is 15.0 Å². The minimum absolute atomic E-state index is 0.134. The lowest BCUT2D eigenvalue weighted by atomic mass is 9.96. The molecule has 0 saturated heterocycles. The summed E-state index contributed by atoms with van der Waals surface area (Å²) in [6.07, 6.45) is -0.134. The maximum atomic E-state index is 11.0. The molecule has 0 bridgehead atoms. The summed E-state index contributed by atoms with van der Waals surface area (Å²) in [5.74, 6) is 5.17. The molecule has 0 amide bonds. The van der Waals surface area contributed by atoms with Gasteiger partial charge < -0.3 is 19.7 Å². The van der Waals surface area contributed by atoms with Gasteiger partial charge in [-0.05, 0) is 77.9 Å². The topological polar surface area (TPSA) is 69.6 Å². The van der Waals surface area contributed by atoms with Crippen molar-refractivity contribution >= 4 is 27.4 Å². The van der Waals surface area contributed by atoms with Gasteiger partial charge in [0.25, 0.3) is 0 Å². The fourth-order valence-corrected chi connectivity index (χ4v) is 4.82. The second-order valence-electron chi connectivity index (χ2n) is 7.86. The van der Waals surface area contributed by atoms with E-state index in [0.717, 1.165) is 33.2 Å². The highest BCUT2D eigenvalue weighted by molar-refractivity contribution is 7.17. The lowest BCUT2D eigenvalue weighted by molar-refractivity contribution is -0.305. The minimum Gasteiger partial charge on any atom is -0.550 e. The summed E-state index contributed by atoms with van der Waals surface area (Å²) >= 11 is 1.70. The minimum atomic E-state index is -1.12. The van der Waals surface area contributed by atoms with E-state index < -0.39 is 11.9 Å². The number of carboxylic acids is 1. The summed E-state index contributed by atoms with van der Waals surface area (Å²) in [4.78, 5) is 11.0. The van der Waals surface area contributed by atoms with Crippen molar-refractivity contribution in [2.45, 2.75) is 32.8 Å². The quantitative estimate of drug-likeness (QED) is 0.379. The molecule has 1 unspecified atom stereocenters. The van der Waals surface area contributed by atoms with Gasteiger partial charge in [-0.3, -0.25) is 0 Å². The SMILES string of the molecule is CC#CC(CC(=O)[O-])c1ccc(OCc2ccc3scc(-c4ccc(O)cc4C)c3c2)cc1. The van der Waals surface area contributed by atoms with Crippen molar-refractivity contribution in [3.63, 3.8) is 0 Å². The van der Waals surface area contributed by atoms with Crippen molar-refractivity contribution in [1.82, 2.24) is 0 Å². The van der Waals surface area contributed by atoms with Crippen molar-refractivity contribution in [1.29, 1.82) is 0 Å². The van der Waals surface area contributed by atoms with E-state index in [1.165, 1.54) is 4.70 Å². The zero-order valence-electron chi connectivity index (χ0n) is 18.4. The molecule has 4 aromatic rings. The maximum absolute atomic E-state index is 11.0. The van der Waals surface area contributed by atoms with E-state index in [-0.39, 0.29) is 12.2 Å². The Labute approximate surface area is 197 Å². The van der Waals surface area contributed by atoms with Gasteiger partial charge >= 0.3 is 0 Å². The Hall–Kier alpha value is -3.75. The van der Waals surface area contributed by atoms with Crippen LogP contribution in [0.25, 0.3) is 21.2 Å². The predicted molar refractivity (Wildman–Crippen MR) is 130 cm³/mol. The van der Waals surface area contributed by atoms with Crippen molar-refractivity contribution in [3.8, 4) is 34.5 Å². The van der Waals surface area contributed by atoms with Crippen LogP contribution >= 0.6 is 11.3 Å².